The Bertz CT molecular complexity index is 424. The van der Waals surface area contributed by atoms with Gasteiger partial charge in [-0.25, -0.2) is 0 Å². The third-order valence-electron chi connectivity index (χ3n) is 1.78. The monoisotopic (exact) mass is 238 g/mol. The van der Waals surface area contributed by atoms with E-state index in [-0.39, 0.29) is 0 Å². The number of hydrogen-bond donors (Lipinski definition) is 0. The highest BCUT2D eigenvalue weighted by Crippen LogP contribution is 2.25. The average molecular weight is 239 g/mol. The first kappa shape index (κ1) is 8.37. The maximum atomic E-state index is 4.08. The Morgan fingerprint density at radius 2 is 2.08 bits per heavy atom. The van der Waals surface area contributed by atoms with Crippen LogP contribution in [0.15, 0.2) is 29.1 Å². The van der Waals surface area contributed by atoms with Crippen LogP contribution in [0.4, 0.5) is 0 Å². The molecule has 0 radical (unpaired) electrons. The van der Waals surface area contributed by atoms with Crippen molar-refractivity contribution in [2.24, 2.45) is 7.05 Å². The number of hydrogen-bond acceptors (Lipinski definition) is 3. The van der Waals surface area contributed by atoms with Crippen molar-refractivity contribution in [1.29, 1.82) is 0 Å². The van der Waals surface area contributed by atoms with E-state index in [1.165, 1.54) is 0 Å². The normalized spacial score (nSPS) is 10.3. The van der Waals surface area contributed by atoms with Crippen molar-refractivity contribution in [1.82, 2.24) is 20.0 Å². The third kappa shape index (κ3) is 1.47. The molecule has 0 bridgehead atoms. The fourth-order valence-corrected chi connectivity index (χ4v) is 1.53. The topological polar surface area (TPSA) is 43.6 Å². The summed E-state index contributed by atoms with van der Waals surface area (Å²) in [5.41, 5.74) is 2.01. The highest BCUT2D eigenvalue weighted by molar-refractivity contribution is 9.10. The molecule has 0 N–H and O–H groups in total. The standard InChI is InChI=1S/C8H7BrN4/c1-13-8(2-3-12-13)6-4-10-11-5-7(6)9/h2-5H,1H3. The van der Waals surface area contributed by atoms with Crippen molar-refractivity contribution in [3.63, 3.8) is 0 Å². The summed E-state index contributed by atoms with van der Waals surface area (Å²) in [6, 6.07) is 1.93. The Hall–Kier alpha value is -1.23. The van der Waals surface area contributed by atoms with Crippen LogP contribution in [0.2, 0.25) is 0 Å². The average Bonchev–Trinajstić information content (AvgIpc) is 2.52. The van der Waals surface area contributed by atoms with Crippen molar-refractivity contribution in [2.45, 2.75) is 0 Å². The molecule has 0 spiro atoms. The fraction of sp³-hybridized carbons (Fsp3) is 0.125. The van der Waals surface area contributed by atoms with Crippen molar-refractivity contribution < 1.29 is 0 Å². The van der Waals surface area contributed by atoms with Gasteiger partial charge in [-0.1, -0.05) is 0 Å². The van der Waals surface area contributed by atoms with Crippen LogP contribution in [0.25, 0.3) is 11.3 Å². The Labute approximate surface area is 83.7 Å². The van der Waals surface area contributed by atoms with Crippen LogP contribution in [-0.2, 0) is 7.05 Å². The van der Waals surface area contributed by atoms with Crippen LogP contribution in [0.5, 0.6) is 0 Å². The molecule has 2 aromatic rings. The fourth-order valence-electron chi connectivity index (χ4n) is 1.13. The second-order valence-electron chi connectivity index (χ2n) is 2.59. The quantitative estimate of drug-likeness (QED) is 0.759. The predicted octanol–water partition coefficient (Wildman–Crippen LogP) is 1.64. The molecule has 5 heteroatoms. The van der Waals surface area contributed by atoms with Gasteiger partial charge in [0.2, 0.25) is 0 Å². The summed E-state index contributed by atoms with van der Waals surface area (Å²) >= 11 is 3.41. The summed E-state index contributed by atoms with van der Waals surface area (Å²) in [5.74, 6) is 0. The smallest absolute Gasteiger partial charge is 0.0707 e. The summed E-state index contributed by atoms with van der Waals surface area (Å²) in [7, 11) is 1.89. The maximum Gasteiger partial charge on any atom is 0.0707 e. The zero-order chi connectivity index (χ0) is 9.26. The molecule has 0 fully saturated rings. The first-order valence-electron chi connectivity index (χ1n) is 3.73. The van der Waals surface area contributed by atoms with Crippen molar-refractivity contribution in [3.8, 4) is 11.3 Å². The summed E-state index contributed by atoms with van der Waals surface area (Å²) in [4.78, 5) is 0. The predicted molar refractivity (Wildman–Crippen MR) is 51.9 cm³/mol. The van der Waals surface area contributed by atoms with Gasteiger partial charge in [0.1, 0.15) is 0 Å². The Balaban J connectivity index is 2.59. The minimum absolute atomic E-state index is 0.922. The second kappa shape index (κ2) is 3.26. The van der Waals surface area contributed by atoms with Gasteiger partial charge in [-0.05, 0) is 22.0 Å². The van der Waals surface area contributed by atoms with E-state index < -0.39 is 0 Å². The molecule has 4 nitrogen and oxygen atoms in total. The van der Waals surface area contributed by atoms with Crippen LogP contribution in [0.1, 0.15) is 0 Å². The van der Waals surface area contributed by atoms with Gasteiger partial charge in [-0.15, -0.1) is 0 Å². The molecule has 2 aromatic heterocycles. The SMILES string of the molecule is Cn1nccc1-c1cnncc1Br. The largest absolute Gasteiger partial charge is 0.268 e. The molecule has 66 valence electrons. The van der Waals surface area contributed by atoms with Gasteiger partial charge in [0.25, 0.3) is 0 Å². The van der Waals surface area contributed by atoms with Crippen molar-refractivity contribution >= 4 is 15.9 Å². The number of nitrogens with zero attached hydrogens (tertiary/aromatic N) is 4. The number of halogens is 1. The van der Waals surface area contributed by atoms with Crippen molar-refractivity contribution in [2.75, 3.05) is 0 Å². The summed E-state index contributed by atoms with van der Waals surface area (Å²) < 4.78 is 2.72. The molecule has 0 aliphatic rings. The minimum Gasteiger partial charge on any atom is -0.268 e. The molecule has 2 rings (SSSR count). The van der Waals surface area contributed by atoms with E-state index >= 15 is 0 Å². The summed E-state index contributed by atoms with van der Waals surface area (Å²) in [6.45, 7) is 0. The van der Waals surface area contributed by atoms with E-state index in [0.717, 1.165) is 15.7 Å². The molecule has 0 aromatic carbocycles. The van der Waals surface area contributed by atoms with Gasteiger partial charge in [-0.3, -0.25) is 4.68 Å². The Morgan fingerprint density at radius 3 is 2.69 bits per heavy atom. The van der Waals surface area contributed by atoms with Crippen LogP contribution in [-0.4, -0.2) is 20.0 Å². The third-order valence-corrected chi connectivity index (χ3v) is 2.41. The molecule has 0 atom stereocenters. The lowest BCUT2D eigenvalue weighted by molar-refractivity contribution is 0.774. The van der Waals surface area contributed by atoms with E-state index in [9.17, 15) is 0 Å². The molecule has 0 saturated heterocycles. The van der Waals surface area contributed by atoms with Gasteiger partial charge in [-0.2, -0.15) is 15.3 Å². The van der Waals surface area contributed by atoms with E-state index in [2.05, 4.69) is 31.2 Å². The van der Waals surface area contributed by atoms with E-state index in [1.54, 1.807) is 23.3 Å². The zero-order valence-corrected chi connectivity index (χ0v) is 8.56. The number of rotatable bonds is 1. The zero-order valence-electron chi connectivity index (χ0n) is 6.98. The molecular weight excluding hydrogens is 232 g/mol. The van der Waals surface area contributed by atoms with Gasteiger partial charge in [0.05, 0.1) is 18.1 Å². The lowest BCUT2D eigenvalue weighted by Gasteiger charge is -2.02. The van der Waals surface area contributed by atoms with E-state index in [1.807, 2.05) is 13.1 Å². The maximum absolute atomic E-state index is 4.08. The second-order valence-corrected chi connectivity index (χ2v) is 3.45. The first-order valence-corrected chi connectivity index (χ1v) is 4.53. The van der Waals surface area contributed by atoms with Gasteiger partial charge in [0, 0.05) is 23.3 Å². The van der Waals surface area contributed by atoms with E-state index in [0.29, 0.717) is 0 Å². The van der Waals surface area contributed by atoms with Gasteiger partial charge < -0.3 is 0 Å². The molecule has 0 amide bonds. The van der Waals surface area contributed by atoms with Crippen LogP contribution in [0.3, 0.4) is 0 Å². The van der Waals surface area contributed by atoms with Crippen LogP contribution in [0, 0.1) is 0 Å². The highest BCUT2D eigenvalue weighted by Gasteiger charge is 2.06. The van der Waals surface area contributed by atoms with Crippen molar-refractivity contribution in [3.05, 3.63) is 29.1 Å². The molecule has 0 aliphatic carbocycles. The summed E-state index contributed by atoms with van der Waals surface area (Å²) in [5, 5.41) is 11.7. The van der Waals surface area contributed by atoms with Crippen LogP contribution >= 0.6 is 15.9 Å². The molecule has 2 heterocycles. The number of aryl methyl sites for hydroxylation is 1. The summed E-state index contributed by atoms with van der Waals surface area (Å²) in [6.07, 6.45) is 5.13. The molecule has 0 saturated carbocycles. The van der Waals surface area contributed by atoms with Crippen LogP contribution < -0.4 is 0 Å². The molecule has 0 aliphatic heterocycles. The molecular formula is C8H7BrN4. The molecule has 0 unspecified atom stereocenters. The van der Waals surface area contributed by atoms with Gasteiger partial charge >= 0.3 is 0 Å². The Kier molecular flexibility index (Phi) is 2.10. The minimum atomic E-state index is 0.922. The van der Waals surface area contributed by atoms with Gasteiger partial charge in [0.15, 0.2) is 0 Å². The molecule has 13 heavy (non-hydrogen) atoms. The Morgan fingerprint density at radius 1 is 1.31 bits per heavy atom. The highest BCUT2D eigenvalue weighted by atomic mass is 79.9. The first-order chi connectivity index (χ1) is 6.29. The number of aromatic nitrogens is 4. The lowest BCUT2D eigenvalue weighted by Crippen LogP contribution is -1.94. The van der Waals surface area contributed by atoms with E-state index in [4.69, 9.17) is 0 Å². The lowest BCUT2D eigenvalue weighted by atomic mass is 10.2.